The van der Waals surface area contributed by atoms with Gasteiger partial charge in [0.25, 0.3) is 0 Å². The molecule has 0 spiro atoms. The maximum absolute atomic E-state index is 5.28. The van der Waals surface area contributed by atoms with Crippen LogP contribution in [0.3, 0.4) is 0 Å². The van der Waals surface area contributed by atoms with Gasteiger partial charge in [0.2, 0.25) is 0 Å². The van der Waals surface area contributed by atoms with Crippen molar-refractivity contribution in [3.05, 3.63) is 216 Å². The lowest BCUT2D eigenvalue weighted by Crippen LogP contribution is -2.28. The van der Waals surface area contributed by atoms with E-state index in [9.17, 15) is 0 Å². The second-order valence-electron chi connectivity index (χ2n) is 14.1. The molecular weight excluding hydrogens is 673 g/mol. The molecular formula is C51H32N2S. The molecule has 2 heterocycles. The molecule has 0 saturated heterocycles. The molecule has 2 nitrogen and oxygen atoms in total. The first-order valence-electron chi connectivity index (χ1n) is 18.4. The molecule has 11 rings (SSSR count). The molecule has 0 unspecified atom stereocenters. The molecule has 54 heavy (non-hydrogen) atoms. The van der Waals surface area contributed by atoms with Crippen molar-refractivity contribution >= 4 is 42.4 Å². The molecule has 0 amide bonds. The van der Waals surface area contributed by atoms with Crippen molar-refractivity contribution in [2.45, 2.75) is 5.41 Å². The van der Waals surface area contributed by atoms with E-state index in [0.717, 1.165) is 38.4 Å². The Morgan fingerprint density at radius 3 is 1.83 bits per heavy atom. The highest BCUT2D eigenvalue weighted by Crippen LogP contribution is 2.57. The number of aromatic nitrogens is 2. The van der Waals surface area contributed by atoms with Crippen molar-refractivity contribution in [2.75, 3.05) is 0 Å². The summed E-state index contributed by atoms with van der Waals surface area (Å²) < 4.78 is 2.34. The van der Waals surface area contributed by atoms with E-state index in [4.69, 9.17) is 9.97 Å². The zero-order valence-electron chi connectivity index (χ0n) is 29.3. The average molecular weight is 705 g/mol. The molecule has 0 bridgehead atoms. The van der Waals surface area contributed by atoms with Crippen LogP contribution in [-0.2, 0) is 5.41 Å². The molecule has 0 N–H and O–H groups in total. The van der Waals surface area contributed by atoms with Crippen molar-refractivity contribution in [3.8, 4) is 44.9 Å². The minimum absolute atomic E-state index is 0.434. The molecule has 0 saturated carbocycles. The first-order valence-corrected chi connectivity index (χ1v) is 19.2. The zero-order chi connectivity index (χ0) is 35.6. The number of benzene rings is 8. The van der Waals surface area contributed by atoms with E-state index in [0.29, 0.717) is 0 Å². The first-order chi connectivity index (χ1) is 26.8. The molecule has 0 radical (unpaired) electrons. The van der Waals surface area contributed by atoms with E-state index in [-0.39, 0.29) is 0 Å². The Labute approximate surface area is 317 Å². The zero-order valence-corrected chi connectivity index (χ0v) is 30.1. The maximum Gasteiger partial charge on any atom is 0.160 e. The average Bonchev–Trinajstić information content (AvgIpc) is 3.77. The van der Waals surface area contributed by atoms with Crippen LogP contribution in [0.1, 0.15) is 22.3 Å². The van der Waals surface area contributed by atoms with E-state index in [1.54, 1.807) is 11.3 Å². The van der Waals surface area contributed by atoms with Gasteiger partial charge in [-0.1, -0.05) is 170 Å². The van der Waals surface area contributed by atoms with Crippen molar-refractivity contribution in [2.24, 2.45) is 0 Å². The molecule has 0 aliphatic heterocycles. The summed E-state index contributed by atoms with van der Waals surface area (Å²) in [6, 6.07) is 70.4. The highest BCUT2D eigenvalue weighted by atomic mass is 32.1. The van der Waals surface area contributed by atoms with Gasteiger partial charge >= 0.3 is 0 Å². The molecule has 2 aromatic heterocycles. The lowest BCUT2D eigenvalue weighted by molar-refractivity contribution is 0.769. The van der Waals surface area contributed by atoms with Gasteiger partial charge in [-0.3, -0.25) is 0 Å². The third-order valence-electron chi connectivity index (χ3n) is 11.2. The lowest BCUT2D eigenvalue weighted by Gasteiger charge is -2.34. The fourth-order valence-electron chi connectivity index (χ4n) is 8.80. The summed E-state index contributed by atoms with van der Waals surface area (Å²) in [4.78, 5) is 10.5. The normalized spacial score (nSPS) is 13.0. The smallest absolute Gasteiger partial charge is 0.160 e. The minimum atomic E-state index is -0.434. The fourth-order valence-corrected chi connectivity index (χ4v) is 9.96. The molecule has 3 heteroatoms. The first kappa shape index (κ1) is 30.9. The van der Waals surface area contributed by atoms with Gasteiger partial charge in [-0.15, -0.1) is 11.3 Å². The van der Waals surface area contributed by atoms with Gasteiger partial charge in [0.1, 0.15) is 0 Å². The van der Waals surface area contributed by atoms with E-state index in [1.807, 2.05) is 0 Å². The van der Waals surface area contributed by atoms with Gasteiger partial charge in [-0.2, -0.15) is 0 Å². The van der Waals surface area contributed by atoms with Gasteiger partial charge in [-0.05, 0) is 79.5 Å². The van der Waals surface area contributed by atoms with Crippen molar-refractivity contribution < 1.29 is 0 Å². The van der Waals surface area contributed by atoms with Crippen LogP contribution in [0.2, 0.25) is 0 Å². The molecule has 10 aromatic rings. The van der Waals surface area contributed by atoms with Gasteiger partial charge in [0, 0.05) is 21.2 Å². The van der Waals surface area contributed by atoms with Crippen LogP contribution >= 0.6 is 11.3 Å². The quantitative estimate of drug-likeness (QED) is 0.178. The maximum atomic E-state index is 5.28. The van der Waals surface area contributed by atoms with E-state index in [2.05, 4.69) is 194 Å². The Morgan fingerprint density at radius 1 is 0.407 bits per heavy atom. The molecule has 8 aromatic carbocycles. The Bertz CT molecular complexity index is 3000. The summed E-state index contributed by atoms with van der Waals surface area (Å²) in [7, 11) is 0. The van der Waals surface area contributed by atoms with E-state index >= 15 is 0 Å². The van der Waals surface area contributed by atoms with Crippen LogP contribution in [0.5, 0.6) is 0 Å². The Morgan fingerprint density at radius 2 is 1.04 bits per heavy atom. The fraction of sp³-hybridized carbons (Fsp3) is 0.0196. The molecule has 1 aliphatic rings. The van der Waals surface area contributed by atoms with Crippen molar-refractivity contribution in [3.63, 3.8) is 0 Å². The SMILES string of the molecule is c1ccc(-c2nc(-c3cccc(-c4cccc5cc6c(cc45)-c4ccccc4C6(c4ccccc4)c4ccccc4)c3)nc3c2sc2ccccc23)cc1. The van der Waals surface area contributed by atoms with Crippen LogP contribution in [-0.4, -0.2) is 9.97 Å². The Hall–Kier alpha value is -6.68. The summed E-state index contributed by atoms with van der Waals surface area (Å²) in [6.45, 7) is 0. The topological polar surface area (TPSA) is 25.8 Å². The molecule has 0 fully saturated rings. The predicted molar refractivity (Wildman–Crippen MR) is 226 cm³/mol. The van der Waals surface area contributed by atoms with E-state index < -0.39 is 5.41 Å². The lowest BCUT2D eigenvalue weighted by atomic mass is 9.67. The van der Waals surface area contributed by atoms with Crippen molar-refractivity contribution in [1.29, 1.82) is 0 Å². The summed E-state index contributed by atoms with van der Waals surface area (Å²) in [5.74, 6) is 0.734. The minimum Gasteiger partial charge on any atom is -0.226 e. The van der Waals surface area contributed by atoms with Crippen LogP contribution in [0.4, 0.5) is 0 Å². The molecule has 1 aliphatic carbocycles. The van der Waals surface area contributed by atoms with Crippen LogP contribution in [0, 0.1) is 0 Å². The van der Waals surface area contributed by atoms with Crippen LogP contribution < -0.4 is 0 Å². The summed E-state index contributed by atoms with van der Waals surface area (Å²) in [5.41, 5.74) is 13.7. The second kappa shape index (κ2) is 12.2. The predicted octanol–water partition coefficient (Wildman–Crippen LogP) is 13.4. The van der Waals surface area contributed by atoms with Crippen LogP contribution in [0.15, 0.2) is 194 Å². The number of thiophene rings is 1. The highest BCUT2D eigenvalue weighted by Gasteiger charge is 2.46. The number of fused-ring (bicyclic) bond motifs is 7. The van der Waals surface area contributed by atoms with Gasteiger partial charge in [-0.25, -0.2) is 9.97 Å². The third kappa shape index (κ3) is 4.59. The Balaban J connectivity index is 1.12. The highest BCUT2D eigenvalue weighted by molar-refractivity contribution is 7.26. The number of nitrogens with zero attached hydrogens (tertiary/aromatic N) is 2. The van der Waals surface area contributed by atoms with Crippen molar-refractivity contribution in [1.82, 2.24) is 9.97 Å². The molecule has 252 valence electrons. The largest absolute Gasteiger partial charge is 0.226 e. The van der Waals surface area contributed by atoms with Gasteiger partial charge < -0.3 is 0 Å². The van der Waals surface area contributed by atoms with Gasteiger partial charge in [0.15, 0.2) is 5.82 Å². The van der Waals surface area contributed by atoms with Crippen LogP contribution in [0.25, 0.3) is 76.0 Å². The number of hydrogen-bond acceptors (Lipinski definition) is 3. The number of rotatable bonds is 5. The van der Waals surface area contributed by atoms with Gasteiger partial charge in [0.05, 0.1) is 21.3 Å². The second-order valence-corrected chi connectivity index (χ2v) is 15.1. The summed E-state index contributed by atoms with van der Waals surface area (Å²) in [5, 5.41) is 3.61. The standard InChI is InChI=1S/C51H32N2S/c1-4-16-33(17-5-1)47-49-48(41-26-11-13-29-46(41)54-49)53-50(52-47)36-20-14-18-34(30-36)39-27-15-19-35-31-45-43(32-42(35)39)40-25-10-12-28-44(40)51(45,37-21-6-2-7-22-37)38-23-8-3-9-24-38/h1-32H. The molecule has 0 atom stereocenters. The Kier molecular flexibility index (Phi) is 6.98. The summed E-state index contributed by atoms with van der Waals surface area (Å²) in [6.07, 6.45) is 0. The number of hydrogen-bond donors (Lipinski definition) is 0. The summed E-state index contributed by atoms with van der Waals surface area (Å²) >= 11 is 1.77. The third-order valence-corrected chi connectivity index (χ3v) is 12.3. The van der Waals surface area contributed by atoms with E-state index in [1.165, 1.54) is 59.8 Å². The monoisotopic (exact) mass is 704 g/mol.